The summed E-state index contributed by atoms with van der Waals surface area (Å²) in [4.78, 5) is 14.5. The molecule has 0 spiro atoms. The highest BCUT2D eigenvalue weighted by Crippen LogP contribution is 2.12. The predicted molar refractivity (Wildman–Crippen MR) is 78.2 cm³/mol. The Balaban J connectivity index is 1.89. The lowest BCUT2D eigenvalue weighted by Crippen LogP contribution is -2.40. The zero-order valence-electron chi connectivity index (χ0n) is 11.8. The summed E-state index contributed by atoms with van der Waals surface area (Å²) in [6, 6.07) is 5.85. The molecule has 1 amide bonds. The van der Waals surface area contributed by atoms with Gasteiger partial charge in [-0.3, -0.25) is 9.69 Å². The van der Waals surface area contributed by atoms with Crippen LogP contribution in [-0.2, 0) is 0 Å². The van der Waals surface area contributed by atoms with E-state index >= 15 is 0 Å². The van der Waals surface area contributed by atoms with Gasteiger partial charge in [0.15, 0.2) is 0 Å². The molecule has 1 saturated heterocycles. The SMILES string of the molecule is Cc1cc(N)cc(C(=O)NCC(C)N2CCCC2)c1. The summed E-state index contributed by atoms with van der Waals surface area (Å²) >= 11 is 0. The van der Waals surface area contributed by atoms with Crippen LogP contribution < -0.4 is 11.1 Å². The second-order valence-corrected chi connectivity index (χ2v) is 5.43. The van der Waals surface area contributed by atoms with Gasteiger partial charge in [-0.1, -0.05) is 0 Å². The van der Waals surface area contributed by atoms with Gasteiger partial charge >= 0.3 is 0 Å². The summed E-state index contributed by atoms with van der Waals surface area (Å²) in [5.74, 6) is -0.0403. The van der Waals surface area contributed by atoms with Crippen molar-refractivity contribution in [3.05, 3.63) is 29.3 Å². The molecule has 1 aromatic rings. The van der Waals surface area contributed by atoms with Crippen LogP contribution in [-0.4, -0.2) is 36.5 Å². The van der Waals surface area contributed by atoms with Crippen LogP contribution >= 0.6 is 0 Å². The lowest BCUT2D eigenvalue weighted by atomic mass is 10.1. The number of amides is 1. The van der Waals surface area contributed by atoms with E-state index in [1.807, 2.05) is 19.1 Å². The molecule has 0 bridgehead atoms. The average Bonchev–Trinajstić information content (AvgIpc) is 2.88. The van der Waals surface area contributed by atoms with Gasteiger partial charge in [-0.05, 0) is 63.5 Å². The summed E-state index contributed by atoms with van der Waals surface area (Å²) in [5, 5.41) is 2.99. The highest BCUT2D eigenvalue weighted by molar-refractivity contribution is 5.95. The summed E-state index contributed by atoms with van der Waals surface area (Å²) in [5.41, 5.74) is 8.06. The number of benzene rings is 1. The van der Waals surface area contributed by atoms with Crippen LogP contribution in [0.2, 0.25) is 0 Å². The molecule has 0 aliphatic carbocycles. The van der Waals surface area contributed by atoms with Crippen molar-refractivity contribution in [2.75, 3.05) is 25.4 Å². The number of anilines is 1. The lowest BCUT2D eigenvalue weighted by Gasteiger charge is -2.23. The van der Waals surface area contributed by atoms with Crippen molar-refractivity contribution >= 4 is 11.6 Å². The second-order valence-electron chi connectivity index (χ2n) is 5.43. The molecule has 0 radical (unpaired) electrons. The first-order chi connectivity index (χ1) is 9.06. The maximum atomic E-state index is 12.1. The van der Waals surface area contributed by atoms with E-state index in [1.165, 1.54) is 12.8 Å². The van der Waals surface area contributed by atoms with Crippen LogP contribution in [0, 0.1) is 6.92 Å². The fourth-order valence-corrected chi connectivity index (χ4v) is 2.60. The van der Waals surface area contributed by atoms with Gasteiger partial charge in [0.05, 0.1) is 0 Å². The van der Waals surface area contributed by atoms with Crippen LogP contribution in [0.5, 0.6) is 0 Å². The summed E-state index contributed by atoms with van der Waals surface area (Å²) in [6.07, 6.45) is 2.54. The van der Waals surface area contributed by atoms with Gasteiger partial charge in [-0.15, -0.1) is 0 Å². The maximum absolute atomic E-state index is 12.1. The normalized spacial score (nSPS) is 17.4. The molecule has 1 heterocycles. The number of carbonyl (C=O) groups is 1. The van der Waals surface area contributed by atoms with Crippen LogP contribution in [0.15, 0.2) is 18.2 Å². The Morgan fingerprint density at radius 1 is 1.37 bits per heavy atom. The Bertz CT molecular complexity index is 432. The van der Waals surface area contributed by atoms with E-state index in [-0.39, 0.29) is 5.91 Å². The van der Waals surface area contributed by atoms with E-state index in [1.54, 1.807) is 6.07 Å². The average molecular weight is 261 g/mol. The molecule has 4 heteroatoms. The standard InChI is InChI=1S/C15H23N3O/c1-11-7-13(9-14(16)8-11)15(19)17-10-12(2)18-5-3-4-6-18/h7-9,12H,3-6,10,16H2,1-2H3,(H,17,19). The topological polar surface area (TPSA) is 58.4 Å². The van der Waals surface area contributed by atoms with Crippen LogP contribution in [0.1, 0.15) is 35.7 Å². The molecule has 2 rings (SSSR count). The molecule has 0 aromatic heterocycles. The van der Waals surface area contributed by atoms with E-state index in [2.05, 4.69) is 17.1 Å². The molecule has 0 saturated carbocycles. The highest BCUT2D eigenvalue weighted by atomic mass is 16.1. The van der Waals surface area contributed by atoms with E-state index in [0.29, 0.717) is 23.8 Å². The van der Waals surface area contributed by atoms with Gasteiger partial charge in [0, 0.05) is 23.8 Å². The monoisotopic (exact) mass is 261 g/mol. The van der Waals surface area contributed by atoms with Crippen molar-refractivity contribution in [2.24, 2.45) is 0 Å². The van der Waals surface area contributed by atoms with Gasteiger partial charge in [0.2, 0.25) is 0 Å². The fraction of sp³-hybridized carbons (Fsp3) is 0.533. The Morgan fingerprint density at radius 3 is 2.68 bits per heavy atom. The van der Waals surface area contributed by atoms with Gasteiger partial charge in [-0.25, -0.2) is 0 Å². The minimum atomic E-state index is -0.0403. The molecule has 3 N–H and O–H groups in total. The number of carbonyl (C=O) groups excluding carboxylic acids is 1. The first-order valence-electron chi connectivity index (χ1n) is 6.95. The van der Waals surface area contributed by atoms with Crippen molar-refractivity contribution in [1.82, 2.24) is 10.2 Å². The van der Waals surface area contributed by atoms with Gasteiger partial charge in [0.25, 0.3) is 5.91 Å². The molecule has 4 nitrogen and oxygen atoms in total. The third-order valence-corrected chi connectivity index (χ3v) is 3.68. The van der Waals surface area contributed by atoms with Gasteiger partial charge in [0.1, 0.15) is 0 Å². The number of rotatable bonds is 4. The molecule has 1 atom stereocenters. The van der Waals surface area contributed by atoms with Crippen LogP contribution in [0.4, 0.5) is 5.69 Å². The van der Waals surface area contributed by atoms with Gasteiger partial charge < -0.3 is 11.1 Å². The van der Waals surface area contributed by atoms with E-state index in [4.69, 9.17) is 5.73 Å². The van der Waals surface area contributed by atoms with Crippen molar-refractivity contribution in [3.8, 4) is 0 Å². The van der Waals surface area contributed by atoms with Crippen molar-refractivity contribution in [1.29, 1.82) is 0 Å². The van der Waals surface area contributed by atoms with Gasteiger partial charge in [-0.2, -0.15) is 0 Å². The molecular weight excluding hydrogens is 238 g/mol. The molecule has 1 aliphatic heterocycles. The van der Waals surface area contributed by atoms with Crippen LogP contribution in [0.25, 0.3) is 0 Å². The molecule has 1 unspecified atom stereocenters. The molecular formula is C15H23N3O. The third-order valence-electron chi connectivity index (χ3n) is 3.68. The second kappa shape index (κ2) is 6.06. The lowest BCUT2D eigenvalue weighted by molar-refractivity contribution is 0.0940. The quantitative estimate of drug-likeness (QED) is 0.812. The zero-order chi connectivity index (χ0) is 13.8. The van der Waals surface area contributed by atoms with E-state index in [9.17, 15) is 4.79 Å². The summed E-state index contributed by atoms with van der Waals surface area (Å²) < 4.78 is 0. The van der Waals surface area contributed by atoms with E-state index < -0.39 is 0 Å². The Kier molecular flexibility index (Phi) is 4.43. The van der Waals surface area contributed by atoms with Crippen molar-refractivity contribution in [3.63, 3.8) is 0 Å². The first-order valence-corrected chi connectivity index (χ1v) is 6.95. The molecule has 19 heavy (non-hydrogen) atoms. The van der Waals surface area contributed by atoms with Crippen molar-refractivity contribution < 1.29 is 4.79 Å². The largest absolute Gasteiger partial charge is 0.399 e. The number of nitrogen functional groups attached to an aromatic ring is 1. The summed E-state index contributed by atoms with van der Waals surface area (Å²) in [6.45, 7) is 7.09. The number of likely N-dealkylation sites (tertiary alicyclic amines) is 1. The molecule has 1 fully saturated rings. The fourth-order valence-electron chi connectivity index (χ4n) is 2.60. The molecule has 104 valence electrons. The number of aryl methyl sites for hydroxylation is 1. The Morgan fingerprint density at radius 2 is 2.05 bits per heavy atom. The third kappa shape index (κ3) is 3.70. The highest BCUT2D eigenvalue weighted by Gasteiger charge is 2.18. The number of nitrogens with two attached hydrogens (primary N) is 1. The number of hydrogen-bond donors (Lipinski definition) is 2. The van der Waals surface area contributed by atoms with Crippen molar-refractivity contribution in [2.45, 2.75) is 32.7 Å². The maximum Gasteiger partial charge on any atom is 0.251 e. The smallest absolute Gasteiger partial charge is 0.251 e. The zero-order valence-corrected chi connectivity index (χ0v) is 11.8. The Labute approximate surface area is 115 Å². The minimum absolute atomic E-state index is 0.0403. The molecule has 1 aliphatic rings. The minimum Gasteiger partial charge on any atom is -0.399 e. The number of nitrogens with zero attached hydrogens (tertiary/aromatic N) is 1. The number of nitrogens with one attached hydrogen (secondary N) is 1. The first kappa shape index (κ1) is 13.9. The Hall–Kier alpha value is -1.55. The molecule has 1 aromatic carbocycles. The predicted octanol–water partition coefficient (Wildman–Crippen LogP) is 1.79. The number of hydrogen-bond acceptors (Lipinski definition) is 3. The van der Waals surface area contributed by atoms with E-state index in [0.717, 1.165) is 18.7 Å². The summed E-state index contributed by atoms with van der Waals surface area (Å²) in [7, 11) is 0. The van der Waals surface area contributed by atoms with Crippen LogP contribution in [0.3, 0.4) is 0 Å².